The Hall–Kier alpha value is -2.36. The summed E-state index contributed by atoms with van der Waals surface area (Å²) >= 11 is 3.13. The van der Waals surface area contributed by atoms with Crippen molar-refractivity contribution in [3.8, 4) is 5.75 Å². The quantitative estimate of drug-likeness (QED) is 0.648. The molecule has 2 heterocycles. The van der Waals surface area contributed by atoms with Crippen molar-refractivity contribution in [3.05, 3.63) is 21.4 Å². The van der Waals surface area contributed by atoms with Gasteiger partial charge in [0.25, 0.3) is 0 Å². The number of halogens is 2. The molecule has 158 valence electrons. The third-order valence-electron chi connectivity index (χ3n) is 4.89. The van der Waals surface area contributed by atoms with E-state index in [9.17, 15) is 23.9 Å². The average Bonchev–Trinajstić information content (AvgIpc) is 3.24. The summed E-state index contributed by atoms with van der Waals surface area (Å²) in [4.78, 5) is 37.6. The molecule has 0 spiro atoms. The first-order valence-corrected chi connectivity index (χ1v) is 9.89. The number of hydrogen-bond acceptors (Lipinski definition) is 6. The Labute approximate surface area is 175 Å². The number of alkyl carbamates (subject to hydrolysis) is 1. The number of nitrogens with zero attached hydrogens (tertiary/aromatic N) is 1. The molecule has 0 bridgehead atoms. The van der Waals surface area contributed by atoms with E-state index < -0.39 is 29.0 Å². The molecule has 0 aliphatic carbocycles. The van der Waals surface area contributed by atoms with Crippen molar-refractivity contribution >= 4 is 40.0 Å². The van der Waals surface area contributed by atoms with Crippen molar-refractivity contribution in [1.29, 1.82) is 0 Å². The SMILES string of the molecule is CC(C)(C)OC(=O)N[C@]1(C(=O)O)CCN(c2c(C=O)c(Br)c(F)c3c2OCC3)C1. The van der Waals surface area contributed by atoms with Gasteiger partial charge in [0, 0.05) is 24.9 Å². The zero-order valence-electron chi connectivity index (χ0n) is 16.3. The highest BCUT2D eigenvalue weighted by Gasteiger charge is 2.48. The fourth-order valence-electron chi connectivity index (χ4n) is 3.60. The maximum Gasteiger partial charge on any atom is 0.408 e. The summed E-state index contributed by atoms with van der Waals surface area (Å²) in [6, 6.07) is 0. The molecule has 8 nitrogen and oxygen atoms in total. The molecule has 1 saturated heterocycles. The summed E-state index contributed by atoms with van der Waals surface area (Å²) in [5, 5.41) is 12.3. The minimum absolute atomic E-state index is 0.0136. The van der Waals surface area contributed by atoms with Gasteiger partial charge in [-0.15, -0.1) is 0 Å². The molecule has 0 radical (unpaired) electrons. The van der Waals surface area contributed by atoms with E-state index in [0.717, 1.165) is 0 Å². The first kappa shape index (κ1) is 21.4. The third kappa shape index (κ3) is 3.90. The fraction of sp³-hybridized carbons (Fsp3) is 0.526. The maximum atomic E-state index is 14.6. The number of ether oxygens (including phenoxy) is 2. The Morgan fingerprint density at radius 3 is 2.69 bits per heavy atom. The van der Waals surface area contributed by atoms with Gasteiger partial charge < -0.3 is 24.8 Å². The topological polar surface area (TPSA) is 105 Å². The van der Waals surface area contributed by atoms with E-state index in [0.29, 0.717) is 24.0 Å². The van der Waals surface area contributed by atoms with E-state index >= 15 is 0 Å². The molecule has 1 aromatic carbocycles. The van der Waals surface area contributed by atoms with Crippen LogP contribution in [0.2, 0.25) is 0 Å². The number of aldehydes is 1. The van der Waals surface area contributed by atoms with Crippen LogP contribution in [0.1, 0.15) is 43.1 Å². The summed E-state index contributed by atoms with van der Waals surface area (Å²) < 4.78 is 25.3. The number of hydrogen-bond donors (Lipinski definition) is 2. The molecule has 0 unspecified atom stereocenters. The fourth-order valence-corrected chi connectivity index (χ4v) is 4.13. The van der Waals surface area contributed by atoms with Crippen LogP contribution in [0.25, 0.3) is 0 Å². The highest BCUT2D eigenvalue weighted by molar-refractivity contribution is 9.10. The maximum absolute atomic E-state index is 14.6. The third-order valence-corrected chi connectivity index (χ3v) is 5.67. The van der Waals surface area contributed by atoms with Crippen LogP contribution in [0.4, 0.5) is 14.9 Å². The average molecular weight is 473 g/mol. The van der Waals surface area contributed by atoms with Crippen molar-refractivity contribution in [3.63, 3.8) is 0 Å². The number of fused-ring (bicyclic) bond motifs is 1. The monoisotopic (exact) mass is 472 g/mol. The van der Waals surface area contributed by atoms with Gasteiger partial charge in [-0.05, 0) is 36.7 Å². The Kier molecular flexibility index (Phi) is 5.50. The number of rotatable bonds is 4. The second kappa shape index (κ2) is 7.47. The second-order valence-corrected chi connectivity index (χ2v) is 8.89. The Morgan fingerprint density at radius 2 is 2.10 bits per heavy atom. The number of carboxylic acids is 1. The molecule has 10 heteroatoms. The van der Waals surface area contributed by atoms with Gasteiger partial charge in [0.2, 0.25) is 0 Å². The second-order valence-electron chi connectivity index (χ2n) is 8.10. The lowest BCUT2D eigenvalue weighted by Gasteiger charge is -2.29. The van der Waals surface area contributed by atoms with Crippen LogP contribution in [-0.2, 0) is 16.0 Å². The van der Waals surface area contributed by atoms with E-state index in [1.807, 2.05) is 0 Å². The van der Waals surface area contributed by atoms with Gasteiger partial charge in [-0.2, -0.15) is 0 Å². The van der Waals surface area contributed by atoms with Gasteiger partial charge >= 0.3 is 12.1 Å². The predicted octanol–water partition coefficient (Wildman–Crippen LogP) is 2.89. The zero-order chi connectivity index (χ0) is 21.6. The van der Waals surface area contributed by atoms with Crippen LogP contribution < -0.4 is 15.0 Å². The zero-order valence-corrected chi connectivity index (χ0v) is 17.9. The van der Waals surface area contributed by atoms with Gasteiger partial charge in [0.05, 0.1) is 28.9 Å². The van der Waals surface area contributed by atoms with E-state index in [2.05, 4.69) is 21.2 Å². The molecule has 1 aromatic rings. The highest BCUT2D eigenvalue weighted by atomic mass is 79.9. The van der Waals surface area contributed by atoms with E-state index in [1.165, 1.54) is 0 Å². The summed E-state index contributed by atoms with van der Waals surface area (Å²) in [6.07, 6.45) is 0.0787. The molecule has 29 heavy (non-hydrogen) atoms. The van der Waals surface area contributed by atoms with Gasteiger partial charge in [-0.25, -0.2) is 14.0 Å². The Morgan fingerprint density at radius 1 is 1.41 bits per heavy atom. The lowest BCUT2D eigenvalue weighted by molar-refractivity contribution is -0.143. The standard InChI is InChI=1S/C19H22BrFN2O6/c1-18(2,3)29-17(27)22-19(16(25)26)5-6-23(9-19)14-11(8-24)12(20)13(21)10-4-7-28-15(10)14/h8H,4-7,9H2,1-3H3,(H,22,27)(H,25,26)/t19-/m1/s1. The van der Waals surface area contributed by atoms with Gasteiger partial charge in [-0.1, -0.05) is 0 Å². The predicted molar refractivity (Wildman–Crippen MR) is 105 cm³/mol. The molecule has 1 amide bonds. The van der Waals surface area contributed by atoms with E-state index in [1.54, 1.807) is 25.7 Å². The molecule has 2 N–H and O–H groups in total. The molecule has 1 atom stereocenters. The van der Waals surface area contributed by atoms with E-state index in [-0.39, 0.29) is 41.9 Å². The number of carbonyl (C=O) groups excluding carboxylic acids is 2. The van der Waals surface area contributed by atoms with Gasteiger partial charge in [0.1, 0.15) is 17.2 Å². The molecule has 3 rings (SSSR count). The number of anilines is 1. The molecule has 0 aromatic heterocycles. The van der Waals surface area contributed by atoms with E-state index in [4.69, 9.17) is 9.47 Å². The first-order valence-electron chi connectivity index (χ1n) is 9.10. The molecule has 1 fully saturated rings. The number of benzene rings is 1. The van der Waals surface area contributed by atoms with Crippen LogP contribution in [0.15, 0.2) is 4.47 Å². The normalized spacial score (nSPS) is 20.8. The lowest BCUT2D eigenvalue weighted by atomic mass is 9.99. The van der Waals surface area contributed by atoms with Crippen molar-refractivity contribution in [1.82, 2.24) is 5.32 Å². The van der Waals surface area contributed by atoms with Crippen LogP contribution in [0, 0.1) is 5.82 Å². The minimum Gasteiger partial charge on any atom is -0.491 e. The Bertz CT molecular complexity index is 885. The summed E-state index contributed by atoms with van der Waals surface area (Å²) in [5.74, 6) is -1.54. The van der Waals surface area contributed by atoms with Crippen LogP contribution in [-0.4, -0.2) is 54.3 Å². The molecule has 0 saturated carbocycles. The first-order chi connectivity index (χ1) is 13.5. The summed E-state index contributed by atoms with van der Waals surface area (Å²) in [5.41, 5.74) is -1.69. The van der Waals surface area contributed by atoms with Crippen LogP contribution >= 0.6 is 15.9 Å². The highest BCUT2D eigenvalue weighted by Crippen LogP contribution is 2.46. The lowest BCUT2D eigenvalue weighted by Crippen LogP contribution is -2.57. The van der Waals surface area contributed by atoms with Gasteiger partial charge in [-0.3, -0.25) is 4.79 Å². The molecular formula is C19H22BrFN2O6. The Balaban J connectivity index is 1.96. The smallest absolute Gasteiger partial charge is 0.408 e. The number of aliphatic carboxylic acids is 1. The van der Waals surface area contributed by atoms with Crippen molar-refractivity contribution < 1.29 is 33.4 Å². The molecule has 2 aliphatic rings. The van der Waals surface area contributed by atoms with Crippen LogP contribution in [0.5, 0.6) is 5.75 Å². The summed E-state index contributed by atoms with van der Waals surface area (Å²) in [7, 11) is 0. The van der Waals surface area contributed by atoms with Crippen molar-refractivity contribution in [2.24, 2.45) is 0 Å². The molecule has 2 aliphatic heterocycles. The number of amides is 1. The van der Waals surface area contributed by atoms with Crippen LogP contribution in [0.3, 0.4) is 0 Å². The minimum atomic E-state index is -1.62. The molecular weight excluding hydrogens is 451 g/mol. The number of nitrogens with one attached hydrogen (secondary N) is 1. The summed E-state index contributed by atoms with van der Waals surface area (Å²) in [6.45, 7) is 5.38. The number of carbonyl (C=O) groups is 3. The number of carboxylic acid groups (broad SMARTS) is 1. The van der Waals surface area contributed by atoms with Crippen molar-refractivity contribution in [2.45, 2.75) is 44.8 Å². The largest absolute Gasteiger partial charge is 0.491 e. The van der Waals surface area contributed by atoms with Crippen molar-refractivity contribution in [2.75, 3.05) is 24.6 Å². The van der Waals surface area contributed by atoms with Gasteiger partial charge in [0.15, 0.2) is 11.8 Å².